The Hall–Kier alpha value is -2.30. The van der Waals surface area contributed by atoms with Crippen LogP contribution < -0.4 is 0 Å². The number of benzene rings is 1. The number of hydrogen-bond acceptors (Lipinski definition) is 3. The van der Waals surface area contributed by atoms with Crippen molar-refractivity contribution in [1.29, 1.82) is 0 Å². The number of aromatic nitrogens is 2. The highest BCUT2D eigenvalue weighted by atomic mass is 35.5. The van der Waals surface area contributed by atoms with E-state index < -0.39 is 0 Å². The number of allylic oxidation sites excluding steroid dienone is 1. The second-order valence-corrected chi connectivity index (χ2v) is 5.53. The molecule has 3 rings (SSSR count). The van der Waals surface area contributed by atoms with Crippen LogP contribution in [0.1, 0.15) is 22.0 Å². The van der Waals surface area contributed by atoms with Gasteiger partial charge in [0.25, 0.3) is 0 Å². The van der Waals surface area contributed by atoms with Gasteiger partial charge in [-0.1, -0.05) is 29.8 Å². The largest absolute Gasteiger partial charge is 0.458 e. The second-order valence-electron chi connectivity index (χ2n) is 4.84. The van der Waals surface area contributed by atoms with Gasteiger partial charge in [-0.15, -0.1) is 0 Å². The molecular weight excluding hydrogens is 335 g/mol. The van der Waals surface area contributed by atoms with Crippen molar-refractivity contribution >= 4 is 35.1 Å². The van der Waals surface area contributed by atoms with Crippen LogP contribution in [0.4, 0.5) is 0 Å². The summed E-state index contributed by atoms with van der Waals surface area (Å²) in [5, 5.41) is 0.445. The minimum atomic E-state index is -0.258. The summed E-state index contributed by atoms with van der Waals surface area (Å²) in [6.45, 7) is 1.78. The van der Waals surface area contributed by atoms with E-state index in [0.717, 1.165) is 5.69 Å². The molecule has 0 aliphatic rings. The second kappa shape index (κ2) is 6.44. The third kappa shape index (κ3) is 3.23. The van der Waals surface area contributed by atoms with E-state index in [4.69, 9.17) is 27.6 Å². The zero-order valence-electron chi connectivity index (χ0n) is 12.2. The quantitative estimate of drug-likeness (QED) is 0.494. The van der Waals surface area contributed by atoms with Crippen molar-refractivity contribution in [1.82, 2.24) is 9.55 Å². The van der Waals surface area contributed by atoms with Crippen LogP contribution in [-0.2, 0) is 0 Å². The highest BCUT2D eigenvalue weighted by Crippen LogP contribution is 2.26. The molecule has 0 aliphatic heterocycles. The van der Waals surface area contributed by atoms with Crippen LogP contribution in [0.3, 0.4) is 0 Å². The number of halogens is 2. The summed E-state index contributed by atoms with van der Waals surface area (Å²) >= 11 is 12.3. The van der Waals surface area contributed by atoms with Gasteiger partial charge >= 0.3 is 0 Å². The summed E-state index contributed by atoms with van der Waals surface area (Å²) in [5.74, 6) is 0.690. The van der Waals surface area contributed by atoms with Gasteiger partial charge < -0.3 is 4.42 Å². The molecule has 0 amide bonds. The van der Waals surface area contributed by atoms with Crippen molar-refractivity contribution in [3.8, 4) is 5.69 Å². The van der Waals surface area contributed by atoms with Gasteiger partial charge in [-0.3, -0.25) is 9.36 Å². The third-order valence-corrected chi connectivity index (χ3v) is 3.75. The molecule has 0 bridgehead atoms. The zero-order valence-corrected chi connectivity index (χ0v) is 13.7. The van der Waals surface area contributed by atoms with Crippen molar-refractivity contribution < 1.29 is 9.21 Å². The number of hydrogen-bond donors (Lipinski definition) is 0. The highest BCUT2D eigenvalue weighted by molar-refractivity contribution is 6.33. The van der Waals surface area contributed by atoms with Gasteiger partial charge in [0.05, 0.1) is 5.69 Å². The van der Waals surface area contributed by atoms with Crippen molar-refractivity contribution in [2.75, 3.05) is 0 Å². The lowest BCUT2D eigenvalue weighted by atomic mass is 10.2. The molecule has 6 heteroatoms. The Morgan fingerprint density at radius 2 is 1.91 bits per heavy atom. The Balaban J connectivity index is 1.97. The van der Waals surface area contributed by atoms with E-state index in [1.54, 1.807) is 29.7 Å². The van der Waals surface area contributed by atoms with Gasteiger partial charge in [-0.25, -0.2) is 4.98 Å². The van der Waals surface area contributed by atoms with E-state index in [9.17, 15) is 4.79 Å². The van der Waals surface area contributed by atoms with Crippen LogP contribution in [0, 0.1) is 6.92 Å². The van der Waals surface area contributed by atoms with E-state index in [0.29, 0.717) is 11.5 Å². The standard InChI is InChI=1S/C17H12Cl2N2O2/c1-11-7-10-15(23-11)14(22)9-8-13-16(18)20-17(19)21(13)12-5-3-2-4-6-12/h2-10H,1H3/b9-8+. The fourth-order valence-electron chi connectivity index (χ4n) is 2.15. The first-order chi connectivity index (χ1) is 11.1. The lowest BCUT2D eigenvalue weighted by molar-refractivity contribution is 0.102. The molecule has 0 saturated heterocycles. The van der Waals surface area contributed by atoms with Crippen LogP contribution in [0.2, 0.25) is 10.4 Å². The Morgan fingerprint density at radius 1 is 1.17 bits per heavy atom. The number of furan rings is 1. The molecule has 0 radical (unpaired) electrons. The first-order valence-electron chi connectivity index (χ1n) is 6.84. The van der Waals surface area contributed by atoms with Gasteiger partial charge in [0.2, 0.25) is 11.1 Å². The lowest BCUT2D eigenvalue weighted by Crippen LogP contribution is -1.97. The van der Waals surface area contributed by atoms with E-state index >= 15 is 0 Å². The predicted molar refractivity (Wildman–Crippen MR) is 90.4 cm³/mol. The van der Waals surface area contributed by atoms with E-state index in [1.165, 1.54) is 6.08 Å². The molecule has 0 unspecified atom stereocenters. The number of ketones is 1. The average molecular weight is 347 g/mol. The minimum Gasteiger partial charge on any atom is -0.458 e. The first-order valence-corrected chi connectivity index (χ1v) is 7.60. The molecule has 1 aromatic carbocycles. The molecule has 0 aliphatic carbocycles. The topological polar surface area (TPSA) is 48.0 Å². The highest BCUT2D eigenvalue weighted by Gasteiger charge is 2.14. The van der Waals surface area contributed by atoms with E-state index in [1.807, 2.05) is 30.3 Å². The van der Waals surface area contributed by atoms with Gasteiger partial charge in [-0.2, -0.15) is 0 Å². The van der Waals surface area contributed by atoms with E-state index in [2.05, 4.69) is 4.98 Å². The van der Waals surface area contributed by atoms with Crippen molar-refractivity contribution in [3.05, 3.63) is 76.2 Å². The van der Waals surface area contributed by atoms with Crippen LogP contribution in [0.5, 0.6) is 0 Å². The minimum absolute atomic E-state index is 0.221. The number of aryl methyl sites for hydroxylation is 1. The zero-order chi connectivity index (χ0) is 16.4. The lowest BCUT2D eigenvalue weighted by Gasteiger charge is -2.06. The molecule has 2 heterocycles. The fourth-order valence-corrected chi connectivity index (χ4v) is 2.69. The number of nitrogens with zero attached hydrogens (tertiary/aromatic N) is 2. The number of carbonyl (C=O) groups is 1. The average Bonchev–Trinajstić information content (AvgIpc) is 3.09. The molecule has 0 N–H and O–H groups in total. The number of imidazole rings is 1. The van der Waals surface area contributed by atoms with Crippen molar-refractivity contribution in [2.24, 2.45) is 0 Å². The van der Waals surface area contributed by atoms with Gasteiger partial charge in [-0.05, 0) is 54.9 Å². The smallest absolute Gasteiger partial charge is 0.221 e. The van der Waals surface area contributed by atoms with Crippen molar-refractivity contribution in [2.45, 2.75) is 6.92 Å². The van der Waals surface area contributed by atoms with Crippen LogP contribution in [0.25, 0.3) is 11.8 Å². The number of carbonyl (C=O) groups excluding carboxylic acids is 1. The molecule has 0 fully saturated rings. The SMILES string of the molecule is Cc1ccc(C(=O)/C=C/c2c(Cl)nc(Cl)n2-c2ccccc2)o1. The molecule has 0 atom stereocenters. The third-order valence-electron chi connectivity index (χ3n) is 3.22. The molecular formula is C17H12Cl2N2O2. The summed E-state index contributed by atoms with van der Waals surface area (Å²) in [6.07, 6.45) is 2.96. The molecule has 23 heavy (non-hydrogen) atoms. The maximum atomic E-state index is 12.1. The van der Waals surface area contributed by atoms with Gasteiger partial charge in [0, 0.05) is 5.69 Å². The summed E-state index contributed by atoms with van der Waals surface area (Å²) in [4.78, 5) is 16.2. The Kier molecular flexibility index (Phi) is 4.37. The Labute approximate surface area is 143 Å². The molecule has 0 spiro atoms. The van der Waals surface area contributed by atoms with Crippen LogP contribution in [0.15, 0.2) is 53.0 Å². The molecule has 3 aromatic rings. The summed E-state index contributed by atoms with van der Waals surface area (Å²) in [5.41, 5.74) is 1.33. The summed E-state index contributed by atoms with van der Waals surface area (Å²) < 4.78 is 6.97. The number of para-hydroxylation sites is 1. The maximum absolute atomic E-state index is 12.1. The fraction of sp³-hybridized carbons (Fsp3) is 0.0588. The monoisotopic (exact) mass is 346 g/mol. The Bertz CT molecular complexity index is 879. The molecule has 0 saturated carbocycles. The van der Waals surface area contributed by atoms with Crippen LogP contribution in [-0.4, -0.2) is 15.3 Å². The number of rotatable bonds is 4. The molecule has 4 nitrogen and oxygen atoms in total. The van der Waals surface area contributed by atoms with Crippen LogP contribution >= 0.6 is 23.2 Å². The Morgan fingerprint density at radius 3 is 2.57 bits per heavy atom. The predicted octanol–water partition coefficient (Wildman–Crippen LogP) is 4.98. The molecule has 2 aromatic heterocycles. The maximum Gasteiger partial charge on any atom is 0.221 e. The normalized spacial score (nSPS) is 11.3. The first kappa shape index (κ1) is 15.6. The van der Waals surface area contributed by atoms with E-state index in [-0.39, 0.29) is 22.0 Å². The summed E-state index contributed by atoms with van der Waals surface area (Å²) in [6, 6.07) is 12.8. The van der Waals surface area contributed by atoms with Gasteiger partial charge in [0.1, 0.15) is 5.76 Å². The molecule has 116 valence electrons. The van der Waals surface area contributed by atoms with Gasteiger partial charge in [0.15, 0.2) is 10.9 Å². The summed E-state index contributed by atoms with van der Waals surface area (Å²) in [7, 11) is 0. The van der Waals surface area contributed by atoms with Crippen molar-refractivity contribution in [3.63, 3.8) is 0 Å².